The van der Waals surface area contributed by atoms with Crippen LogP contribution >= 0.6 is 23.2 Å². The molecule has 2 aromatic carbocycles. The molecule has 0 radical (unpaired) electrons. The maximum absolute atomic E-state index is 11.8. The largest absolute Gasteiger partial charge is 0.507 e. The summed E-state index contributed by atoms with van der Waals surface area (Å²) in [6.45, 7) is 0. The van der Waals surface area contributed by atoms with E-state index >= 15 is 0 Å². The van der Waals surface area contributed by atoms with Gasteiger partial charge >= 0.3 is 0 Å². The number of phenolic OH excluding ortho intramolecular Hbond substituents is 3. The quantitative estimate of drug-likeness (QED) is 0.392. The smallest absolute Gasteiger partial charge is 0.275 e. The summed E-state index contributed by atoms with van der Waals surface area (Å²) in [5.74, 6) is -1.74. The van der Waals surface area contributed by atoms with Crippen LogP contribution in [0.15, 0.2) is 35.4 Å². The molecule has 22 heavy (non-hydrogen) atoms. The predicted molar refractivity (Wildman–Crippen MR) is 83.0 cm³/mol. The fourth-order valence-electron chi connectivity index (χ4n) is 1.60. The Hall–Kier alpha value is -2.44. The highest BCUT2D eigenvalue weighted by molar-refractivity contribution is 6.32. The molecular formula is C14H10Cl2N2O4. The number of carbonyl (C=O) groups is 1. The van der Waals surface area contributed by atoms with Crippen LogP contribution in [0, 0.1) is 0 Å². The first kappa shape index (κ1) is 15.9. The Balaban J connectivity index is 2.12. The van der Waals surface area contributed by atoms with Crippen molar-refractivity contribution in [2.24, 2.45) is 5.10 Å². The highest BCUT2D eigenvalue weighted by Gasteiger charge is 2.11. The van der Waals surface area contributed by atoms with E-state index in [0.717, 1.165) is 0 Å². The van der Waals surface area contributed by atoms with Gasteiger partial charge in [0.25, 0.3) is 5.91 Å². The summed E-state index contributed by atoms with van der Waals surface area (Å²) in [6.07, 6.45) is 1.21. The predicted octanol–water partition coefficient (Wildman–Crippen LogP) is 2.87. The van der Waals surface area contributed by atoms with Gasteiger partial charge in [-0.3, -0.25) is 4.79 Å². The number of hydrazone groups is 1. The molecule has 2 aromatic rings. The Kier molecular flexibility index (Phi) is 4.75. The third-order valence-electron chi connectivity index (χ3n) is 2.65. The average molecular weight is 341 g/mol. The molecule has 0 saturated carbocycles. The molecule has 4 N–H and O–H groups in total. The number of nitrogens with one attached hydrogen (secondary N) is 1. The van der Waals surface area contributed by atoms with E-state index in [0.29, 0.717) is 10.6 Å². The number of nitrogens with zero attached hydrogens (tertiary/aromatic N) is 1. The molecule has 0 spiro atoms. The maximum atomic E-state index is 11.8. The van der Waals surface area contributed by atoms with E-state index in [4.69, 9.17) is 23.2 Å². The summed E-state index contributed by atoms with van der Waals surface area (Å²) in [4.78, 5) is 11.8. The number of hydrogen-bond acceptors (Lipinski definition) is 5. The summed E-state index contributed by atoms with van der Waals surface area (Å²) in [5.41, 5.74) is 2.52. The molecule has 0 saturated heterocycles. The van der Waals surface area contributed by atoms with Gasteiger partial charge in [0.15, 0.2) is 11.5 Å². The second-order valence-corrected chi connectivity index (χ2v) is 5.07. The lowest BCUT2D eigenvalue weighted by Crippen LogP contribution is -2.17. The standard InChI is InChI=1S/C14H10Cl2N2O4/c15-8-1-2-11(19)9(5-8)14(22)18-17-6-7-3-10(16)13(21)12(20)4-7/h1-6,19-21H,(H,18,22)/b17-6+. The monoisotopic (exact) mass is 340 g/mol. The van der Waals surface area contributed by atoms with Crippen molar-refractivity contribution < 1.29 is 20.1 Å². The Morgan fingerprint density at radius 3 is 2.50 bits per heavy atom. The van der Waals surface area contributed by atoms with Crippen molar-refractivity contribution in [2.45, 2.75) is 0 Å². The van der Waals surface area contributed by atoms with Gasteiger partial charge in [0.05, 0.1) is 16.8 Å². The number of rotatable bonds is 3. The number of benzene rings is 2. The number of phenols is 3. The van der Waals surface area contributed by atoms with E-state index in [1.807, 2.05) is 0 Å². The molecule has 0 aliphatic rings. The zero-order valence-electron chi connectivity index (χ0n) is 10.9. The second-order valence-electron chi connectivity index (χ2n) is 4.23. The fourth-order valence-corrected chi connectivity index (χ4v) is 1.99. The summed E-state index contributed by atoms with van der Waals surface area (Å²) in [5, 5.41) is 32.2. The topological polar surface area (TPSA) is 102 Å². The average Bonchev–Trinajstić information content (AvgIpc) is 2.47. The Labute approximate surface area is 135 Å². The third kappa shape index (κ3) is 3.60. The lowest BCUT2D eigenvalue weighted by atomic mass is 10.2. The van der Waals surface area contributed by atoms with Gasteiger partial charge in [-0.05, 0) is 35.9 Å². The molecule has 1 amide bonds. The van der Waals surface area contributed by atoms with Crippen molar-refractivity contribution >= 4 is 35.3 Å². The van der Waals surface area contributed by atoms with Crippen LogP contribution in [0.2, 0.25) is 10.0 Å². The maximum Gasteiger partial charge on any atom is 0.275 e. The zero-order chi connectivity index (χ0) is 16.3. The summed E-state index contributed by atoms with van der Waals surface area (Å²) in [6, 6.07) is 6.60. The highest BCUT2D eigenvalue weighted by atomic mass is 35.5. The molecule has 0 aliphatic carbocycles. The molecule has 8 heteroatoms. The third-order valence-corrected chi connectivity index (χ3v) is 3.17. The van der Waals surface area contributed by atoms with E-state index < -0.39 is 17.4 Å². The molecule has 0 fully saturated rings. The van der Waals surface area contributed by atoms with Crippen molar-refractivity contribution in [3.05, 3.63) is 51.5 Å². The van der Waals surface area contributed by atoms with Gasteiger partial charge in [0.1, 0.15) is 5.75 Å². The zero-order valence-corrected chi connectivity index (χ0v) is 12.4. The number of hydrogen-bond donors (Lipinski definition) is 4. The molecule has 0 aromatic heterocycles. The van der Waals surface area contributed by atoms with Crippen LogP contribution in [-0.4, -0.2) is 27.4 Å². The summed E-state index contributed by atoms with van der Waals surface area (Å²) >= 11 is 11.4. The number of amides is 1. The van der Waals surface area contributed by atoms with Gasteiger partial charge in [-0.25, -0.2) is 5.43 Å². The number of aromatic hydroxyl groups is 3. The first-order chi connectivity index (χ1) is 10.4. The molecule has 114 valence electrons. The van der Waals surface area contributed by atoms with Crippen molar-refractivity contribution in [3.63, 3.8) is 0 Å². The van der Waals surface area contributed by atoms with E-state index in [2.05, 4.69) is 10.5 Å². The molecular weight excluding hydrogens is 331 g/mol. The lowest BCUT2D eigenvalue weighted by Gasteiger charge is -2.04. The van der Waals surface area contributed by atoms with E-state index in [1.165, 1.54) is 36.5 Å². The van der Waals surface area contributed by atoms with Crippen molar-refractivity contribution in [1.82, 2.24) is 5.43 Å². The van der Waals surface area contributed by atoms with Gasteiger partial charge in [-0.1, -0.05) is 23.2 Å². The van der Waals surface area contributed by atoms with Crippen LogP contribution in [0.5, 0.6) is 17.2 Å². The summed E-state index contributed by atoms with van der Waals surface area (Å²) in [7, 11) is 0. The Morgan fingerprint density at radius 2 is 1.82 bits per heavy atom. The van der Waals surface area contributed by atoms with Crippen LogP contribution < -0.4 is 5.43 Å². The normalized spacial score (nSPS) is 10.8. The Bertz CT molecular complexity index is 739. The minimum atomic E-state index is -0.662. The van der Waals surface area contributed by atoms with Crippen LogP contribution in [0.3, 0.4) is 0 Å². The first-order valence-electron chi connectivity index (χ1n) is 5.92. The first-order valence-corrected chi connectivity index (χ1v) is 6.67. The van der Waals surface area contributed by atoms with Crippen LogP contribution in [-0.2, 0) is 0 Å². The van der Waals surface area contributed by atoms with Crippen molar-refractivity contribution in [3.8, 4) is 17.2 Å². The van der Waals surface area contributed by atoms with Crippen LogP contribution in [0.25, 0.3) is 0 Å². The highest BCUT2D eigenvalue weighted by Crippen LogP contribution is 2.33. The van der Waals surface area contributed by atoms with Crippen molar-refractivity contribution in [2.75, 3.05) is 0 Å². The Morgan fingerprint density at radius 1 is 1.09 bits per heavy atom. The summed E-state index contributed by atoms with van der Waals surface area (Å²) < 4.78 is 0. The molecule has 0 unspecified atom stereocenters. The van der Waals surface area contributed by atoms with Gasteiger partial charge in [-0.15, -0.1) is 0 Å². The minimum absolute atomic E-state index is 0.0313. The van der Waals surface area contributed by atoms with E-state index in [1.54, 1.807) is 0 Å². The van der Waals surface area contributed by atoms with Crippen LogP contribution in [0.4, 0.5) is 0 Å². The second kappa shape index (κ2) is 6.55. The van der Waals surface area contributed by atoms with Gasteiger partial charge < -0.3 is 15.3 Å². The molecule has 2 rings (SSSR count). The molecule has 0 atom stereocenters. The van der Waals surface area contributed by atoms with Gasteiger partial charge in [0, 0.05) is 5.02 Å². The fraction of sp³-hybridized carbons (Fsp3) is 0. The molecule has 0 aliphatic heterocycles. The van der Waals surface area contributed by atoms with E-state index in [-0.39, 0.29) is 16.3 Å². The number of carbonyl (C=O) groups excluding carboxylic acids is 1. The number of halogens is 2. The van der Waals surface area contributed by atoms with Gasteiger partial charge in [-0.2, -0.15) is 5.10 Å². The lowest BCUT2D eigenvalue weighted by molar-refractivity contribution is 0.0952. The molecule has 6 nitrogen and oxygen atoms in total. The SMILES string of the molecule is O=C(N/N=C/c1cc(O)c(O)c(Cl)c1)c1cc(Cl)ccc1O. The molecule has 0 heterocycles. The van der Waals surface area contributed by atoms with Crippen molar-refractivity contribution in [1.29, 1.82) is 0 Å². The molecule has 0 bridgehead atoms. The minimum Gasteiger partial charge on any atom is -0.507 e. The van der Waals surface area contributed by atoms with Gasteiger partial charge in [0.2, 0.25) is 0 Å². The van der Waals surface area contributed by atoms with E-state index in [9.17, 15) is 20.1 Å². The van der Waals surface area contributed by atoms with Crippen LogP contribution in [0.1, 0.15) is 15.9 Å².